The number of hydrogen-bond donors (Lipinski definition) is 2. The number of nitrogen functional groups attached to an aromatic ring is 1. The van der Waals surface area contributed by atoms with Crippen LogP contribution < -0.4 is 11.1 Å². The Labute approximate surface area is 103 Å². The lowest BCUT2D eigenvalue weighted by molar-refractivity contribution is 0.0759. The first kappa shape index (κ1) is 13.1. The van der Waals surface area contributed by atoms with Crippen molar-refractivity contribution in [2.75, 3.05) is 44.5 Å². The lowest BCUT2D eigenvalue weighted by Crippen LogP contribution is -2.14. The van der Waals surface area contributed by atoms with Crippen molar-refractivity contribution < 1.29 is 9.47 Å². The number of ether oxygens (including phenoxy) is 2. The van der Waals surface area contributed by atoms with Crippen molar-refractivity contribution >= 4 is 27.7 Å². The van der Waals surface area contributed by atoms with Gasteiger partial charge in [-0.05, 0) is 15.9 Å². The van der Waals surface area contributed by atoms with Gasteiger partial charge in [0.2, 0.25) is 5.95 Å². The van der Waals surface area contributed by atoms with Gasteiger partial charge >= 0.3 is 0 Å². The lowest BCUT2D eigenvalue weighted by atomic mass is 10.6. The van der Waals surface area contributed by atoms with E-state index in [0.717, 1.165) is 0 Å². The normalized spacial score (nSPS) is 10.4. The summed E-state index contributed by atoms with van der Waals surface area (Å²) in [6.07, 6.45) is 0. The van der Waals surface area contributed by atoms with E-state index in [2.05, 4.69) is 31.2 Å². The van der Waals surface area contributed by atoms with E-state index in [0.29, 0.717) is 42.7 Å². The molecule has 1 aromatic rings. The van der Waals surface area contributed by atoms with E-state index < -0.39 is 0 Å². The first-order valence-electron chi connectivity index (χ1n) is 4.83. The van der Waals surface area contributed by atoms with E-state index in [4.69, 9.17) is 15.2 Å². The molecule has 0 fully saturated rings. The number of nitrogens with zero attached hydrogens (tertiary/aromatic N) is 2. The predicted octanol–water partition coefficient (Wildman–Crippen LogP) is 0.896. The second-order valence-corrected chi connectivity index (χ2v) is 3.78. The zero-order valence-corrected chi connectivity index (χ0v) is 10.7. The first-order valence-corrected chi connectivity index (χ1v) is 5.62. The summed E-state index contributed by atoms with van der Waals surface area (Å²) in [6, 6.07) is 1.64. The van der Waals surface area contributed by atoms with Crippen LogP contribution >= 0.6 is 15.9 Å². The minimum Gasteiger partial charge on any atom is -0.383 e. The number of halogens is 1. The van der Waals surface area contributed by atoms with E-state index >= 15 is 0 Å². The van der Waals surface area contributed by atoms with Crippen molar-refractivity contribution in [2.45, 2.75) is 0 Å². The molecule has 16 heavy (non-hydrogen) atoms. The maximum atomic E-state index is 5.56. The molecule has 0 amide bonds. The number of aromatic nitrogens is 2. The van der Waals surface area contributed by atoms with Crippen molar-refractivity contribution in [1.82, 2.24) is 9.97 Å². The summed E-state index contributed by atoms with van der Waals surface area (Å²) in [5.74, 6) is 0.909. The molecule has 0 aliphatic carbocycles. The third-order valence-electron chi connectivity index (χ3n) is 1.68. The average molecular weight is 291 g/mol. The van der Waals surface area contributed by atoms with E-state index in [-0.39, 0.29) is 0 Å². The molecular formula is C9H15BrN4O2. The van der Waals surface area contributed by atoms with Crippen LogP contribution in [-0.2, 0) is 9.47 Å². The average Bonchev–Trinajstić information content (AvgIpc) is 2.22. The molecule has 0 aliphatic rings. The number of nitrogens with two attached hydrogens (primary N) is 1. The molecule has 90 valence electrons. The lowest BCUT2D eigenvalue weighted by Gasteiger charge is -2.06. The Balaban J connectivity index is 2.21. The minimum absolute atomic E-state index is 0.421. The Morgan fingerprint density at radius 2 is 2.19 bits per heavy atom. The van der Waals surface area contributed by atoms with Crippen molar-refractivity contribution in [1.29, 1.82) is 0 Å². The quantitative estimate of drug-likeness (QED) is 0.573. The fraction of sp³-hybridized carbons (Fsp3) is 0.556. The Morgan fingerprint density at radius 1 is 1.38 bits per heavy atom. The molecule has 1 aromatic heterocycles. The Kier molecular flexibility index (Phi) is 6.05. The third-order valence-corrected chi connectivity index (χ3v) is 2.08. The van der Waals surface area contributed by atoms with Crippen LogP contribution in [0.2, 0.25) is 0 Å². The second kappa shape index (κ2) is 7.37. The molecule has 6 nitrogen and oxygen atoms in total. The molecule has 0 atom stereocenters. The van der Waals surface area contributed by atoms with Crippen LogP contribution in [0.3, 0.4) is 0 Å². The van der Waals surface area contributed by atoms with Crippen molar-refractivity contribution in [3.05, 3.63) is 10.7 Å². The largest absolute Gasteiger partial charge is 0.383 e. The van der Waals surface area contributed by atoms with Gasteiger partial charge in [0, 0.05) is 19.7 Å². The summed E-state index contributed by atoms with van der Waals surface area (Å²) >= 11 is 3.24. The molecule has 1 heterocycles. The van der Waals surface area contributed by atoms with Gasteiger partial charge in [0.1, 0.15) is 10.4 Å². The minimum atomic E-state index is 0.421. The standard InChI is InChI=1S/C9H15BrN4O2/c1-15-4-5-16-3-2-12-9-13-7(10)6-8(11)14-9/h6H,2-5H2,1H3,(H3,11,12,13,14). The smallest absolute Gasteiger partial charge is 0.225 e. The molecule has 0 unspecified atom stereocenters. The van der Waals surface area contributed by atoms with Crippen LogP contribution in [-0.4, -0.2) is 43.4 Å². The van der Waals surface area contributed by atoms with Crippen LogP contribution in [0.1, 0.15) is 0 Å². The monoisotopic (exact) mass is 290 g/mol. The second-order valence-electron chi connectivity index (χ2n) is 2.97. The fourth-order valence-corrected chi connectivity index (χ4v) is 1.40. The van der Waals surface area contributed by atoms with Gasteiger partial charge in [-0.25, -0.2) is 4.98 Å². The highest BCUT2D eigenvalue weighted by Crippen LogP contribution is 2.11. The zero-order valence-electron chi connectivity index (χ0n) is 9.07. The molecule has 7 heteroatoms. The molecule has 1 rings (SSSR count). The summed E-state index contributed by atoms with van der Waals surface area (Å²) in [6.45, 7) is 2.37. The topological polar surface area (TPSA) is 82.3 Å². The Hall–Kier alpha value is -0.920. The predicted molar refractivity (Wildman–Crippen MR) is 65.3 cm³/mol. The fourth-order valence-electron chi connectivity index (χ4n) is 0.993. The number of rotatable bonds is 7. The highest BCUT2D eigenvalue weighted by atomic mass is 79.9. The zero-order chi connectivity index (χ0) is 11.8. The van der Waals surface area contributed by atoms with Crippen LogP contribution in [0.5, 0.6) is 0 Å². The number of methoxy groups -OCH3 is 1. The maximum absolute atomic E-state index is 5.56. The molecule has 0 aromatic carbocycles. The van der Waals surface area contributed by atoms with Gasteiger partial charge in [-0.3, -0.25) is 0 Å². The van der Waals surface area contributed by atoms with E-state index in [1.54, 1.807) is 13.2 Å². The maximum Gasteiger partial charge on any atom is 0.225 e. The van der Waals surface area contributed by atoms with Gasteiger partial charge in [0.05, 0.1) is 19.8 Å². The van der Waals surface area contributed by atoms with E-state index in [1.807, 2.05) is 0 Å². The summed E-state index contributed by atoms with van der Waals surface area (Å²) in [7, 11) is 1.64. The SMILES string of the molecule is COCCOCCNc1nc(N)cc(Br)n1. The van der Waals surface area contributed by atoms with Crippen LogP contribution in [0, 0.1) is 0 Å². The Morgan fingerprint density at radius 3 is 2.88 bits per heavy atom. The van der Waals surface area contributed by atoms with Gasteiger partial charge < -0.3 is 20.5 Å². The van der Waals surface area contributed by atoms with Gasteiger partial charge in [0.25, 0.3) is 0 Å². The molecular weight excluding hydrogens is 276 g/mol. The number of nitrogens with one attached hydrogen (secondary N) is 1. The highest BCUT2D eigenvalue weighted by molar-refractivity contribution is 9.10. The van der Waals surface area contributed by atoms with Crippen molar-refractivity contribution in [2.24, 2.45) is 0 Å². The molecule has 0 bridgehead atoms. The Bertz CT molecular complexity index is 304. The molecule has 0 radical (unpaired) electrons. The number of anilines is 2. The van der Waals surface area contributed by atoms with Gasteiger partial charge in [-0.15, -0.1) is 0 Å². The van der Waals surface area contributed by atoms with Crippen LogP contribution in [0.15, 0.2) is 10.7 Å². The van der Waals surface area contributed by atoms with Gasteiger partial charge in [-0.1, -0.05) is 0 Å². The molecule has 0 spiro atoms. The van der Waals surface area contributed by atoms with E-state index in [1.165, 1.54) is 0 Å². The molecule has 0 saturated heterocycles. The number of hydrogen-bond acceptors (Lipinski definition) is 6. The van der Waals surface area contributed by atoms with Crippen molar-refractivity contribution in [3.8, 4) is 0 Å². The molecule has 3 N–H and O–H groups in total. The van der Waals surface area contributed by atoms with E-state index in [9.17, 15) is 0 Å². The third kappa shape index (κ3) is 5.24. The van der Waals surface area contributed by atoms with Gasteiger partial charge in [0.15, 0.2) is 0 Å². The summed E-state index contributed by atoms with van der Waals surface area (Å²) < 4.78 is 10.8. The molecule has 0 aliphatic heterocycles. The van der Waals surface area contributed by atoms with Crippen molar-refractivity contribution in [3.63, 3.8) is 0 Å². The molecule has 0 saturated carbocycles. The van der Waals surface area contributed by atoms with Crippen LogP contribution in [0.4, 0.5) is 11.8 Å². The summed E-state index contributed by atoms with van der Waals surface area (Å²) in [5.41, 5.74) is 5.56. The summed E-state index contributed by atoms with van der Waals surface area (Å²) in [5, 5.41) is 3.01. The van der Waals surface area contributed by atoms with Crippen LogP contribution in [0.25, 0.3) is 0 Å². The highest BCUT2D eigenvalue weighted by Gasteiger charge is 1.99. The summed E-state index contributed by atoms with van der Waals surface area (Å²) in [4.78, 5) is 8.12. The first-order chi connectivity index (χ1) is 7.72. The van der Waals surface area contributed by atoms with Gasteiger partial charge in [-0.2, -0.15) is 4.98 Å².